The molecule has 0 atom stereocenters. The molecule has 1 saturated carbocycles. The average Bonchev–Trinajstić information content (AvgIpc) is 2.36. The summed E-state index contributed by atoms with van der Waals surface area (Å²) in [5, 5.41) is 12.8. The highest BCUT2D eigenvalue weighted by molar-refractivity contribution is 7.98. The zero-order valence-corrected chi connectivity index (χ0v) is 12.7. The van der Waals surface area contributed by atoms with E-state index in [0.29, 0.717) is 0 Å². The molecule has 102 valence electrons. The van der Waals surface area contributed by atoms with Crippen LogP contribution in [0.3, 0.4) is 0 Å². The summed E-state index contributed by atoms with van der Waals surface area (Å²) in [4.78, 5) is 3.36. The molecule has 0 bridgehead atoms. The molecule has 1 aromatic rings. The van der Waals surface area contributed by atoms with E-state index >= 15 is 0 Å². The summed E-state index contributed by atoms with van der Waals surface area (Å²) in [6.07, 6.45) is 5.78. The summed E-state index contributed by atoms with van der Waals surface area (Å²) in [5.74, 6) is 0. The van der Waals surface area contributed by atoms with Crippen molar-refractivity contribution in [3.05, 3.63) is 23.8 Å². The van der Waals surface area contributed by atoms with Crippen LogP contribution in [0.2, 0.25) is 0 Å². The second kappa shape index (κ2) is 5.85. The van der Waals surface area contributed by atoms with Crippen LogP contribution < -0.4 is 5.32 Å². The lowest BCUT2D eigenvalue weighted by molar-refractivity contribution is 0.0739. The Bertz CT molecular complexity index is 487. The summed E-state index contributed by atoms with van der Waals surface area (Å²) >= 11 is 1.62. The Morgan fingerprint density at radius 1 is 1.42 bits per heavy atom. The van der Waals surface area contributed by atoms with Crippen molar-refractivity contribution >= 4 is 17.4 Å². The number of rotatable bonds is 5. The SMILES string of the molecule is CSc1cccc(NCC2(N(C)C)CCC2)c1C#N. The van der Waals surface area contributed by atoms with Crippen molar-refractivity contribution in [2.75, 3.05) is 32.2 Å². The molecule has 1 fully saturated rings. The molecule has 2 rings (SSSR count). The van der Waals surface area contributed by atoms with Crippen LogP contribution in [-0.4, -0.2) is 37.3 Å². The van der Waals surface area contributed by atoms with E-state index in [4.69, 9.17) is 0 Å². The van der Waals surface area contributed by atoms with Gasteiger partial charge in [-0.15, -0.1) is 11.8 Å². The van der Waals surface area contributed by atoms with Crippen molar-refractivity contribution in [1.29, 1.82) is 5.26 Å². The Morgan fingerprint density at radius 2 is 2.16 bits per heavy atom. The zero-order valence-electron chi connectivity index (χ0n) is 11.9. The third-order valence-electron chi connectivity index (χ3n) is 4.20. The van der Waals surface area contributed by atoms with Crippen LogP contribution in [0.25, 0.3) is 0 Å². The van der Waals surface area contributed by atoms with Crippen molar-refractivity contribution in [3.63, 3.8) is 0 Å². The first kappa shape index (κ1) is 14.2. The molecule has 1 N–H and O–H groups in total. The van der Waals surface area contributed by atoms with E-state index in [1.165, 1.54) is 19.3 Å². The maximum Gasteiger partial charge on any atom is 0.102 e. The van der Waals surface area contributed by atoms with Gasteiger partial charge in [-0.05, 0) is 51.7 Å². The minimum absolute atomic E-state index is 0.266. The number of hydrogen-bond donors (Lipinski definition) is 1. The van der Waals surface area contributed by atoms with Gasteiger partial charge < -0.3 is 10.2 Å². The topological polar surface area (TPSA) is 39.1 Å². The number of benzene rings is 1. The molecule has 0 radical (unpaired) electrons. The fourth-order valence-corrected chi connectivity index (χ4v) is 3.16. The van der Waals surface area contributed by atoms with Gasteiger partial charge in [0.1, 0.15) is 6.07 Å². The maximum atomic E-state index is 9.33. The molecule has 1 aliphatic carbocycles. The monoisotopic (exact) mass is 275 g/mol. The molecule has 0 aliphatic heterocycles. The van der Waals surface area contributed by atoms with Gasteiger partial charge in [0.15, 0.2) is 0 Å². The van der Waals surface area contributed by atoms with E-state index < -0.39 is 0 Å². The molecule has 4 heteroatoms. The largest absolute Gasteiger partial charge is 0.382 e. The smallest absolute Gasteiger partial charge is 0.102 e. The molecule has 19 heavy (non-hydrogen) atoms. The second-order valence-electron chi connectivity index (χ2n) is 5.32. The first-order valence-electron chi connectivity index (χ1n) is 6.61. The van der Waals surface area contributed by atoms with E-state index in [9.17, 15) is 5.26 Å². The van der Waals surface area contributed by atoms with E-state index in [-0.39, 0.29) is 5.54 Å². The van der Waals surface area contributed by atoms with Gasteiger partial charge in [0.05, 0.1) is 11.3 Å². The molecule has 0 unspecified atom stereocenters. The van der Waals surface area contributed by atoms with Gasteiger partial charge in [0.2, 0.25) is 0 Å². The van der Waals surface area contributed by atoms with Crippen LogP contribution in [-0.2, 0) is 0 Å². The second-order valence-corrected chi connectivity index (χ2v) is 6.17. The predicted molar refractivity (Wildman–Crippen MR) is 81.7 cm³/mol. The van der Waals surface area contributed by atoms with Crippen molar-refractivity contribution in [2.45, 2.75) is 29.7 Å². The quantitative estimate of drug-likeness (QED) is 0.838. The standard InChI is InChI=1S/C15H21N3S/c1-18(2)15(8-5-9-15)11-17-13-6-4-7-14(19-3)12(13)10-16/h4,6-7,17H,5,8-9,11H2,1-3H3. The van der Waals surface area contributed by atoms with Crippen LogP contribution in [0.15, 0.2) is 23.1 Å². The molecule has 0 aromatic heterocycles. The van der Waals surface area contributed by atoms with Gasteiger partial charge in [0, 0.05) is 17.0 Å². The van der Waals surface area contributed by atoms with Crippen molar-refractivity contribution in [3.8, 4) is 6.07 Å². The fourth-order valence-electron chi connectivity index (χ4n) is 2.59. The highest BCUT2D eigenvalue weighted by Crippen LogP contribution is 2.36. The lowest BCUT2D eigenvalue weighted by Crippen LogP contribution is -2.54. The van der Waals surface area contributed by atoms with Crippen LogP contribution in [0.4, 0.5) is 5.69 Å². The number of nitrogens with one attached hydrogen (secondary N) is 1. The lowest BCUT2D eigenvalue weighted by Gasteiger charge is -2.47. The van der Waals surface area contributed by atoms with Crippen molar-refractivity contribution in [2.24, 2.45) is 0 Å². The van der Waals surface area contributed by atoms with Crippen LogP contribution in [0.1, 0.15) is 24.8 Å². The number of hydrogen-bond acceptors (Lipinski definition) is 4. The summed E-state index contributed by atoms with van der Waals surface area (Å²) < 4.78 is 0. The molecule has 1 aliphatic rings. The lowest BCUT2D eigenvalue weighted by atomic mass is 9.75. The van der Waals surface area contributed by atoms with E-state index in [1.807, 2.05) is 24.5 Å². The highest BCUT2D eigenvalue weighted by Gasteiger charge is 2.38. The molecule has 0 spiro atoms. The summed E-state index contributed by atoms with van der Waals surface area (Å²) in [5.41, 5.74) is 1.99. The van der Waals surface area contributed by atoms with Gasteiger partial charge in [-0.25, -0.2) is 0 Å². The first-order chi connectivity index (χ1) is 9.13. The number of nitrogens with zero attached hydrogens (tertiary/aromatic N) is 2. The Labute approximate surface area is 120 Å². The normalized spacial score (nSPS) is 16.8. The fraction of sp³-hybridized carbons (Fsp3) is 0.533. The third kappa shape index (κ3) is 2.72. The Balaban J connectivity index is 2.14. The predicted octanol–water partition coefficient (Wildman–Crippen LogP) is 3.18. The summed E-state index contributed by atoms with van der Waals surface area (Å²) in [7, 11) is 4.29. The summed E-state index contributed by atoms with van der Waals surface area (Å²) in [6.45, 7) is 0.909. The molecule has 0 heterocycles. The number of likely N-dealkylation sites (N-methyl/N-ethyl adjacent to an activating group) is 1. The summed E-state index contributed by atoms with van der Waals surface area (Å²) in [6, 6.07) is 8.33. The minimum Gasteiger partial charge on any atom is -0.382 e. The van der Waals surface area contributed by atoms with Gasteiger partial charge >= 0.3 is 0 Å². The zero-order chi connectivity index (χ0) is 13.9. The number of thioether (sulfide) groups is 1. The number of nitriles is 1. The molecule has 3 nitrogen and oxygen atoms in total. The van der Waals surface area contributed by atoms with Crippen LogP contribution >= 0.6 is 11.8 Å². The van der Waals surface area contributed by atoms with Crippen LogP contribution in [0.5, 0.6) is 0 Å². The molecular formula is C15H21N3S. The minimum atomic E-state index is 0.266. The van der Waals surface area contributed by atoms with E-state index in [0.717, 1.165) is 22.7 Å². The van der Waals surface area contributed by atoms with Gasteiger partial charge in [-0.2, -0.15) is 5.26 Å². The van der Waals surface area contributed by atoms with E-state index in [2.05, 4.69) is 30.4 Å². The molecule has 0 saturated heterocycles. The Kier molecular flexibility index (Phi) is 4.38. The van der Waals surface area contributed by atoms with Crippen LogP contribution in [0, 0.1) is 11.3 Å². The Morgan fingerprint density at radius 3 is 2.63 bits per heavy atom. The van der Waals surface area contributed by atoms with Gasteiger partial charge in [-0.1, -0.05) is 6.07 Å². The van der Waals surface area contributed by atoms with Crippen molar-refractivity contribution < 1.29 is 0 Å². The number of anilines is 1. The van der Waals surface area contributed by atoms with Gasteiger partial charge in [0.25, 0.3) is 0 Å². The Hall–Kier alpha value is -1.18. The highest BCUT2D eigenvalue weighted by atomic mass is 32.2. The van der Waals surface area contributed by atoms with E-state index in [1.54, 1.807) is 11.8 Å². The molecule has 1 aromatic carbocycles. The van der Waals surface area contributed by atoms with Gasteiger partial charge in [-0.3, -0.25) is 0 Å². The average molecular weight is 275 g/mol. The first-order valence-corrected chi connectivity index (χ1v) is 7.84. The van der Waals surface area contributed by atoms with Crippen molar-refractivity contribution in [1.82, 2.24) is 4.90 Å². The third-order valence-corrected chi connectivity index (χ3v) is 4.98. The molecular weight excluding hydrogens is 254 g/mol. The molecule has 0 amide bonds. The maximum absolute atomic E-state index is 9.33.